The Morgan fingerprint density at radius 3 is 2.81 bits per heavy atom. The maximum absolute atomic E-state index is 6.00. The van der Waals surface area contributed by atoms with Crippen molar-refractivity contribution in [2.24, 2.45) is 0 Å². The van der Waals surface area contributed by atoms with Gasteiger partial charge in [-0.05, 0) is 54.9 Å². The zero-order chi connectivity index (χ0) is 18.4. The van der Waals surface area contributed by atoms with Gasteiger partial charge < -0.3 is 19.7 Å². The number of hydrogen-bond donors (Lipinski definition) is 1. The quantitative estimate of drug-likeness (QED) is 0.721. The van der Waals surface area contributed by atoms with Gasteiger partial charge in [-0.3, -0.25) is 0 Å². The van der Waals surface area contributed by atoms with Crippen LogP contribution in [0, 0.1) is 0 Å². The summed E-state index contributed by atoms with van der Waals surface area (Å²) in [6.45, 7) is 2.29. The first-order valence-corrected chi connectivity index (χ1v) is 9.48. The molecule has 2 aromatic rings. The van der Waals surface area contributed by atoms with Crippen molar-refractivity contribution in [2.75, 3.05) is 25.6 Å². The molecule has 1 N–H and O–H groups in total. The number of thiocarbonyl (C=S) groups is 1. The van der Waals surface area contributed by atoms with Gasteiger partial charge in [-0.2, -0.15) is 0 Å². The van der Waals surface area contributed by atoms with E-state index >= 15 is 0 Å². The minimum atomic E-state index is 0.215. The van der Waals surface area contributed by atoms with Gasteiger partial charge in [0, 0.05) is 36.5 Å². The summed E-state index contributed by atoms with van der Waals surface area (Å²) in [5.41, 5.74) is 2.06. The van der Waals surface area contributed by atoms with Crippen molar-refractivity contribution in [1.29, 1.82) is 0 Å². The second-order valence-electron chi connectivity index (χ2n) is 6.30. The number of benzene rings is 2. The lowest BCUT2D eigenvalue weighted by Crippen LogP contribution is -2.39. The van der Waals surface area contributed by atoms with Crippen molar-refractivity contribution >= 4 is 34.6 Å². The van der Waals surface area contributed by atoms with Gasteiger partial charge in [-0.25, -0.2) is 0 Å². The van der Waals surface area contributed by atoms with Gasteiger partial charge in [0.25, 0.3) is 0 Å². The summed E-state index contributed by atoms with van der Waals surface area (Å²) in [5, 5.41) is 4.72. The fraction of sp³-hybridized carbons (Fsp3) is 0.350. The largest absolute Gasteiger partial charge is 0.497 e. The van der Waals surface area contributed by atoms with Crippen LogP contribution < -0.4 is 10.1 Å². The third-order valence-corrected chi connectivity index (χ3v) is 4.96. The summed E-state index contributed by atoms with van der Waals surface area (Å²) < 4.78 is 11.1. The molecule has 0 bridgehead atoms. The Labute approximate surface area is 165 Å². The van der Waals surface area contributed by atoms with Crippen LogP contribution >= 0.6 is 23.8 Å². The Kier molecular flexibility index (Phi) is 6.72. The highest BCUT2D eigenvalue weighted by Crippen LogP contribution is 2.20. The van der Waals surface area contributed by atoms with Crippen LogP contribution in [0.15, 0.2) is 48.5 Å². The molecule has 26 heavy (non-hydrogen) atoms. The summed E-state index contributed by atoms with van der Waals surface area (Å²) in [5.74, 6) is 0.793. The molecule has 1 heterocycles. The van der Waals surface area contributed by atoms with E-state index in [0.717, 1.165) is 48.0 Å². The molecule has 0 spiro atoms. The molecule has 1 aliphatic heterocycles. The number of hydrogen-bond acceptors (Lipinski definition) is 3. The standard InChI is InChI=1S/C20H23ClN2O2S/c1-24-18-5-2-4-17(12-18)22-20(26)23(14-19-6-3-11-25-19)13-15-7-9-16(21)10-8-15/h2,4-5,7-10,12,19H,3,6,11,13-14H2,1H3,(H,22,26). The van der Waals surface area contributed by atoms with E-state index in [1.165, 1.54) is 0 Å². The van der Waals surface area contributed by atoms with Gasteiger partial charge >= 0.3 is 0 Å². The average Bonchev–Trinajstić information content (AvgIpc) is 3.16. The van der Waals surface area contributed by atoms with E-state index in [4.69, 9.17) is 33.3 Å². The van der Waals surface area contributed by atoms with Crippen molar-refractivity contribution in [3.63, 3.8) is 0 Å². The highest BCUT2D eigenvalue weighted by molar-refractivity contribution is 7.80. The molecule has 0 saturated carbocycles. The number of rotatable bonds is 6. The predicted molar refractivity (Wildman–Crippen MR) is 110 cm³/mol. The molecule has 0 radical (unpaired) electrons. The third kappa shape index (κ3) is 5.34. The van der Waals surface area contributed by atoms with E-state index in [9.17, 15) is 0 Å². The summed E-state index contributed by atoms with van der Waals surface area (Å²) in [6.07, 6.45) is 2.39. The molecule has 6 heteroatoms. The lowest BCUT2D eigenvalue weighted by atomic mass is 10.2. The Hall–Kier alpha value is -1.82. The van der Waals surface area contributed by atoms with Gasteiger partial charge in [0.05, 0.1) is 13.2 Å². The molecule has 138 valence electrons. The lowest BCUT2D eigenvalue weighted by Gasteiger charge is -2.28. The van der Waals surface area contributed by atoms with E-state index in [0.29, 0.717) is 11.7 Å². The first-order chi connectivity index (χ1) is 12.6. The van der Waals surface area contributed by atoms with Crippen molar-refractivity contribution in [3.8, 4) is 5.75 Å². The van der Waals surface area contributed by atoms with E-state index in [-0.39, 0.29) is 6.10 Å². The molecule has 2 aromatic carbocycles. The van der Waals surface area contributed by atoms with E-state index in [1.54, 1.807) is 7.11 Å². The number of anilines is 1. The monoisotopic (exact) mass is 390 g/mol. The summed E-state index contributed by atoms with van der Waals surface area (Å²) >= 11 is 11.7. The minimum Gasteiger partial charge on any atom is -0.497 e. The number of halogens is 1. The fourth-order valence-corrected chi connectivity index (χ4v) is 3.35. The van der Waals surface area contributed by atoms with Crippen LogP contribution in [0.5, 0.6) is 5.75 Å². The van der Waals surface area contributed by atoms with Crippen LogP contribution in [-0.2, 0) is 11.3 Å². The van der Waals surface area contributed by atoms with Crippen LogP contribution in [0.3, 0.4) is 0 Å². The second kappa shape index (κ2) is 9.21. The molecule has 0 aliphatic carbocycles. The van der Waals surface area contributed by atoms with Crippen LogP contribution in [0.1, 0.15) is 18.4 Å². The minimum absolute atomic E-state index is 0.215. The molecule has 4 nitrogen and oxygen atoms in total. The first-order valence-electron chi connectivity index (χ1n) is 8.70. The summed E-state index contributed by atoms with van der Waals surface area (Å²) in [7, 11) is 1.65. The molecule has 1 fully saturated rings. The molecule has 1 unspecified atom stereocenters. The molecule has 1 aliphatic rings. The normalized spacial score (nSPS) is 16.3. The molecule has 0 amide bonds. The molecule has 1 saturated heterocycles. The second-order valence-corrected chi connectivity index (χ2v) is 7.13. The molecular weight excluding hydrogens is 368 g/mol. The van der Waals surface area contributed by atoms with E-state index < -0.39 is 0 Å². The topological polar surface area (TPSA) is 33.7 Å². The van der Waals surface area contributed by atoms with Crippen LogP contribution in [-0.4, -0.2) is 36.4 Å². The van der Waals surface area contributed by atoms with E-state index in [1.807, 2.05) is 48.5 Å². The van der Waals surface area contributed by atoms with Gasteiger partial charge in [0.1, 0.15) is 5.75 Å². The molecular formula is C20H23ClN2O2S. The van der Waals surface area contributed by atoms with Crippen LogP contribution in [0.2, 0.25) is 5.02 Å². The van der Waals surface area contributed by atoms with Crippen LogP contribution in [0.25, 0.3) is 0 Å². The maximum atomic E-state index is 6.00. The Bertz CT molecular complexity index is 733. The van der Waals surface area contributed by atoms with Gasteiger partial charge in [-0.15, -0.1) is 0 Å². The third-order valence-electron chi connectivity index (χ3n) is 4.34. The van der Waals surface area contributed by atoms with Gasteiger partial charge in [-0.1, -0.05) is 29.8 Å². The zero-order valence-electron chi connectivity index (χ0n) is 14.8. The van der Waals surface area contributed by atoms with Gasteiger partial charge in [0.2, 0.25) is 0 Å². The first kappa shape index (κ1) is 19.0. The van der Waals surface area contributed by atoms with Crippen molar-refractivity contribution in [1.82, 2.24) is 4.90 Å². The number of nitrogens with zero attached hydrogens (tertiary/aromatic N) is 1. The van der Waals surface area contributed by atoms with Gasteiger partial charge in [0.15, 0.2) is 5.11 Å². The number of nitrogens with one attached hydrogen (secondary N) is 1. The molecule has 1 atom stereocenters. The van der Waals surface area contributed by atoms with Crippen molar-refractivity contribution in [3.05, 3.63) is 59.1 Å². The summed E-state index contributed by atoms with van der Waals surface area (Å²) in [6, 6.07) is 15.6. The lowest BCUT2D eigenvalue weighted by molar-refractivity contribution is 0.0905. The predicted octanol–water partition coefficient (Wildman–Crippen LogP) is 4.73. The zero-order valence-corrected chi connectivity index (χ0v) is 16.4. The van der Waals surface area contributed by atoms with Crippen LogP contribution in [0.4, 0.5) is 5.69 Å². The summed E-state index contributed by atoms with van der Waals surface area (Å²) in [4.78, 5) is 2.15. The highest BCUT2D eigenvalue weighted by Gasteiger charge is 2.21. The number of methoxy groups -OCH3 is 1. The highest BCUT2D eigenvalue weighted by atomic mass is 35.5. The fourth-order valence-electron chi connectivity index (χ4n) is 2.97. The molecule has 3 rings (SSSR count). The van der Waals surface area contributed by atoms with Crippen molar-refractivity contribution in [2.45, 2.75) is 25.5 Å². The average molecular weight is 391 g/mol. The maximum Gasteiger partial charge on any atom is 0.173 e. The van der Waals surface area contributed by atoms with E-state index in [2.05, 4.69) is 10.2 Å². The Balaban J connectivity index is 1.71. The Morgan fingerprint density at radius 2 is 2.12 bits per heavy atom. The number of ether oxygens (including phenoxy) is 2. The Morgan fingerprint density at radius 1 is 1.31 bits per heavy atom. The SMILES string of the molecule is COc1cccc(NC(=S)N(Cc2ccc(Cl)cc2)CC2CCCO2)c1. The smallest absolute Gasteiger partial charge is 0.173 e. The van der Waals surface area contributed by atoms with Crippen molar-refractivity contribution < 1.29 is 9.47 Å². The molecule has 0 aromatic heterocycles.